The molecule has 1 nitrogen and oxygen atoms in total. The van der Waals surface area contributed by atoms with E-state index in [0.717, 1.165) is 12.0 Å². The van der Waals surface area contributed by atoms with Crippen LogP contribution in [0.3, 0.4) is 0 Å². The second-order valence-electron chi connectivity index (χ2n) is 4.84. The highest BCUT2D eigenvalue weighted by molar-refractivity contribution is 4.96. The van der Waals surface area contributed by atoms with Crippen molar-refractivity contribution in [2.75, 3.05) is 6.54 Å². The van der Waals surface area contributed by atoms with Crippen LogP contribution < -0.4 is 5.32 Å². The molecular weight excluding hydrogens is 134 g/mol. The molecule has 2 fully saturated rings. The standard InChI is InChI=1S/C10H19N/c1-10(2)6-5-9-8(10)4-3-7-11-9/h8-9,11H,3-7H2,1-2H3. The molecule has 0 bridgehead atoms. The Bertz CT molecular complexity index is 151. The lowest BCUT2D eigenvalue weighted by Gasteiger charge is -2.34. The van der Waals surface area contributed by atoms with Gasteiger partial charge in [0.15, 0.2) is 0 Å². The summed E-state index contributed by atoms with van der Waals surface area (Å²) < 4.78 is 0. The van der Waals surface area contributed by atoms with Gasteiger partial charge in [-0.05, 0) is 43.6 Å². The van der Waals surface area contributed by atoms with Gasteiger partial charge in [-0.15, -0.1) is 0 Å². The Labute approximate surface area is 69.6 Å². The fourth-order valence-electron chi connectivity index (χ4n) is 2.90. The Hall–Kier alpha value is -0.0400. The Morgan fingerprint density at radius 3 is 2.82 bits per heavy atom. The number of hydrogen-bond donors (Lipinski definition) is 1. The molecule has 1 heterocycles. The summed E-state index contributed by atoms with van der Waals surface area (Å²) in [5.74, 6) is 0.969. The van der Waals surface area contributed by atoms with E-state index in [1.807, 2.05) is 0 Å². The maximum absolute atomic E-state index is 3.64. The zero-order valence-corrected chi connectivity index (χ0v) is 7.69. The molecule has 2 rings (SSSR count). The van der Waals surface area contributed by atoms with Gasteiger partial charge in [-0.1, -0.05) is 13.8 Å². The molecule has 2 aliphatic rings. The van der Waals surface area contributed by atoms with Gasteiger partial charge in [0.2, 0.25) is 0 Å². The van der Waals surface area contributed by atoms with Gasteiger partial charge in [0.05, 0.1) is 0 Å². The third kappa shape index (κ3) is 1.20. The summed E-state index contributed by atoms with van der Waals surface area (Å²) in [5, 5.41) is 3.64. The number of fused-ring (bicyclic) bond motifs is 1. The lowest BCUT2D eigenvalue weighted by atomic mass is 9.77. The summed E-state index contributed by atoms with van der Waals surface area (Å²) in [6.07, 6.45) is 5.70. The van der Waals surface area contributed by atoms with E-state index in [-0.39, 0.29) is 0 Å². The third-order valence-electron chi connectivity index (χ3n) is 3.69. The summed E-state index contributed by atoms with van der Waals surface area (Å²) in [4.78, 5) is 0. The third-order valence-corrected chi connectivity index (χ3v) is 3.69. The van der Waals surface area contributed by atoms with Gasteiger partial charge in [-0.2, -0.15) is 0 Å². The molecule has 1 saturated carbocycles. The van der Waals surface area contributed by atoms with Gasteiger partial charge >= 0.3 is 0 Å². The molecule has 11 heavy (non-hydrogen) atoms. The normalized spacial score (nSPS) is 42.0. The van der Waals surface area contributed by atoms with Crippen LogP contribution in [0.2, 0.25) is 0 Å². The van der Waals surface area contributed by atoms with Gasteiger partial charge < -0.3 is 5.32 Å². The fraction of sp³-hybridized carbons (Fsp3) is 1.00. The first-order valence-corrected chi connectivity index (χ1v) is 4.93. The van der Waals surface area contributed by atoms with E-state index in [1.165, 1.54) is 32.2 Å². The Balaban J connectivity index is 2.10. The van der Waals surface area contributed by atoms with Crippen molar-refractivity contribution < 1.29 is 0 Å². The van der Waals surface area contributed by atoms with Crippen molar-refractivity contribution in [3.8, 4) is 0 Å². The van der Waals surface area contributed by atoms with Gasteiger partial charge in [0, 0.05) is 6.04 Å². The first kappa shape index (κ1) is 7.60. The quantitative estimate of drug-likeness (QED) is 0.562. The smallest absolute Gasteiger partial charge is 0.0101 e. The van der Waals surface area contributed by atoms with Gasteiger partial charge in [0.1, 0.15) is 0 Å². The fourth-order valence-corrected chi connectivity index (χ4v) is 2.90. The maximum Gasteiger partial charge on any atom is 0.0101 e. The highest BCUT2D eigenvalue weighted by Crippen LogP contribution is 2.46. The van der Waals surface area contributed by atoms with Crippen LogP contribution in [-0.2, 0) is 0 Å². The van der Waals surface area contributed by atoms with E-state index in [9.17, 15) is 0 Å². The van der Waals surface area contributed by atoms with Gasteiger partial charge in [-0.25, -0.2) is 0 Å². The largest absolute Gasteiger partial charge is 0.314 e. The second kappa shape index (κ2) is 2.48. The maximum atomic E-state index is 3.64. The minimum Gasteiger partial charge on any atom is -0.314 e. The van der Waals surface area contributed by atoms with E-state index in [2.05, 4.69) is 19.2 Å². The van der Waals surface area contributed by atoms with Gasteiger partial charge in [-0.3, -0.25) is 0 Å². The van der Waals surface area contributed by atoms with Crippen LogP contribution in [0, 0.1) is 11.3 Å². The van der Waals surface area contributed by atoms with E-state index < -0.39 is 0 Å². The highest BCUT2D eigenvalue weighted by atomic mass is 14.9. The molecule has 1 aliphatic heterocycles. The van der Waals surface area contributed by atoms with Crippen LogP contribution in [-0.4, -0.2) is 12.6 Å². The minimum atomic E-state index is 0.623. The molecule has 1 heteroatoms. The Kier molecular flexibility index (Phi) is 1.71. The van der Waals surface area contributed by atoms with Crippen LogP contribution in [0.4, 0.5) is 0 Å². The van der Waals surface area contributed by atoms with E-state index in [4.69, 9.17) is 0 Å². The molecule has 64 valence electrons. The first-order chi connectivity index (χ1) is 5.20. The summed E-state index contributed by atoms with van der Waals surface area (Å²) in [7, 11) is 0. The number of piperidine rings is 1. The van der Waals surface area contributed by atoms with Crippen LogP contribution in [0.1, 0.15) is 39.5 Å². The average Bonchev–Trinajstić information content (AvgIpc) is 2.29. The predicted octanol–water partition coefficient (Wildman–Crippen LogP) is 2.17. The van der Waals surface area contributed by atoms with Crippen LogP contribution in [0.15, 0.2) is 0 Å². The molecule has 0 aromatic carbocycles. The summed E-state index contributed by atoms with van der Waals surface area (Å²) in [5.41, 5.74) is 0.623. The minimum absolute atomic E-state index is 0.623. The SMILES string of the molecule is CC1(C)CCC2NCCCC21. The molecule has 2 atom stereocenters. The van der Waals surface area contributed by atoms with E-state index in [0.29, 0.717) is 5.41 Å². The zero-order valence-electron chi connectivity index (χ0n) is 7.69. The molecule has 0 amide bonds. The molecule has 2 unspecified atom stereocenters. The van der Waals surface area contributed by atoms with Crippen molar-refractivity contribution in [1.29, 1.82) is 0 Å². The zero-order chi connectivity index (χ0) is 7.90. The highest BCUT2D eigenvalue weighted by Gasteiger charge is 2.42. The molecular formula is C10H19N. The molecule has 0 spiro atoms. The van der Waals surface area contributed by atoms with Crippen LogP contribution in [0.25, 0.3) is 0 Å². The van der Waals surface area contributed by atoms with E-state index in [1.54, 1.807) is 0 Å². The van der Waals surface area contributed by atoms with Crippen LogP contribution in [0.5, 0.6) is 0 Å². The lowest BCUT2D eigenvalue weighted by molar-refractivity contribution is 0.188. The molecule has 1 N–H and O–H groups in total. The first-order valence-electron chi connectivity index (χ1n) is 4.93. The van der Waals surface area contributed by atoms with Crippen molar-refractivity contribution in [3.05, 3.63) is 0 Å². The molecule has 0 radical (unpaired) electrons. The lowest BCUT2D eigenvalue weighted by Crippen LogP contribution is -2.41. The van der Waals surface area contributed by atoms with Crippen molar-refractivity contribution in [3.63, 3.8) is 0 Å². The van der Waals surface area contributed by atoms with Crippen LogP contribution >= 0.6 is 0 Å². The summed E-state index contributed by atoms with van der Waals surface area (Å²) in [6, 6.07) is 0.860. The van der Waals surface area contributed by atoms with Crippen molar-refractivity contribution >= 4 is 0 Å². The monoisotopic (exact) mass is 153 g/mol. The molecule has 0 aromatic heterocycles. The topological polar surface area (TPSA) is 12.0 Å². The summed E-state index contributed by atoms with van der Waals surface area (Å²) >= 11 is 0. The van der Waals surface area contributed by atoms with Crippen molar-refractivity contribution in [2.45, 2.75) is 45.6 Å². The second-order valence-corrected chi connectivity index (χ2v) is 4.84. The van der Waals surface area contributed by atoms with Crippen molar-refractivity contribution in [1.82, 2.24) is 5.32 Å². The molecule has 1 saturated heterocycles. The Morgan fingerprint density at radius 2 is 2.09 bits per heavy atom. The van der Waals surface area contributed by atoms with E-state index >= 15 is 0 Å². The molecule has 1 aliphatic carbocycles. The van der Waals surface area contributed by atoms with Crippen molar-refractivity contribution in [2.24, 2.45) is 11.3 Å². The molecule has 0 aromatic rings. The number of hydrogen-bond acceptors (Lipinski definition) is 1. The number of nitrogens with one attached hydrogen (secondary N) is 1. The Morgan fingerprint density at radius 1 is 1.27 bits per heavy atom. The summed E-state index contributed by atoms with van der Waals surface area (Å²) in [6.45, 7) is 6.13. The van der Waals surface area contributed by atoms with Gasteiger partial charge in [0.25, 0.3) is 0 Å². The number of rotatable bonds is 0. The average molecular weight is 153 g/mol. The predicted molar refractivity (Wildman–Crippen MR) is 47.5 cm³/mol.